The second-order valence-corrected chi connectivity index (χ2v) is 9.32. The maximum atomic E-state index is 12.7. The van der Waals surface area contributed by atoms with Crippen molar-refractivity contribution >= 4 is 11.8 Å². The van der Waals surface area contributed by atoms with Gasteiger partial charge in [-0.2, -0.15) is 0 Å². The average Bonchev–Trinajstić information content (AvgIpc) is 2.93. The van der Waals surface area contributed by atoms with E-state index in [1.807, 2.05) is 27.7 Å². The lowest BCUT2D eigenvalue weighted by Gasteiger charge is -2.17. The van der Waals surface area contributed by atoms with Crippen LogP contribution in [0.5, 0.6) is 23.0 Å². The Labute approximate surface area is 227 Å². The molecule has 0 aliphatic rings. The smallest absolute Gasteiger partial charge is 0.255 e. The number of hydrogen-bond donors (Lipinski definition) is 2. The van der Waals surface area contributed by atoms with Crippen molar-refractivity contribution in [3.8, 4) is 23.0 Å². The average molecular weight is 529 g/mol. The largest absolute Gasteiger partial charge is 0.497 e. The van der Waals surface area contributed by atoms with Crippen molar-refractivity contribution in [2.45, 2.75) is 78.4 Å². The second-order valence-electron chi connectivity index (χ2n) is 9.32. The van der Waals surface area contributed by atoms with Crippen LogP contribution in [-0.4, -0.2) is 51.3 Å². The zero-order valence-corrected chi connectivity index (χ0v) is 23.7. The van der Waals surface area contributed by atoms with E-state index in [0.29, 0.717) is 47.2 Å². The van der Waals surface area contributed by atoms with Gasteiger partial charge in [0.2, 0.25) is 0 Å². The summed E-state index contributed by atoms with van der Waals surface area (Å²) in [5.74, 6) is 2.04. The van der Waals surface area contributed by atoms with Gasteiger partial charge in [-0.25, -0.2) is 0 Å². The van der Waals surface area contributed by atoms with E-state index < -0.39 is 0 Å². The zero-order chi connectivity index (χ0) is 27.9. The molecule has 0 radical (unpaired) electrons. The van der Waals surface area contributed by atoms with Crippen molar-refractivity contribution < 1.29 is 28.5 Å². The van der Waals surface area contributed by atoms with Gasteiger partial charge in [-0.15, -0.1) is 0 Å². The lowest BCUT2D eigenvalue weighted by Crippen LogP contribution is -2.26. The summed E-state index contributed by atoms with van der Waals surface area (Å²) in [4.78, 5) is 25.5. The fourth-order valence-electron chi connectivity index (χ4n) is 3.63. The number of amides is 2. The van der Waals surface area contributed by atoms with Gasteiger partial charge >= 0.3 is 0 Å². The quantitative estimate of drug-likeness (QED) is 0.253. The molecule has 0 saturated heterocycles. The van der Waals surface area contributed by atoms with E-state index in [1.165, 1.54) is 0 Å². The molecule has 2 amide bonds. The van der Waals surface area contributed by atoms with Gasteiger partial charge in [-0.05, 0) is 63.8 Å². The fraction of sp³-hybridized carbons (Fsp3) is 0.533. The highest BCUT2D eigenvalue weighted by Gasteiger charge is 2.17. The number of nitrogens with one attached hydrogen (secondary N) is 2. The third-order valence-corrected chi connectivity index (χ3v) is 6.35. The first-order valence-electron chi connectivity index (χ1n) is 13.6. The van der Waals surface area contributed by atoms with Crippen LogP contribution in [0.3, 0.4) is 0 Å². The van der Waals surface area contributed by atoms with Crippen molar-refractivity contribution in [2.24, 2.45) is 0 Å². The van der Waals surface area contributed by atoms with E-state index in [1.54, 1.807) is 50.6 Å². The van der Waals surface area contributed by atoms with Crippen molar-refractivity contribution in [1.82, 2.24) is 10.6 Å². The Morgan fingerprint density at radius 2 is 1.08 bits per heavy atom. The van der Waals surface area contributed by atoms with Crippen molar-refractivity contribution in [3.63, 3.8) is 0 Å². The van der Waals surface area contributed by atoms with E-state index in [-0.39, 0.29) is 24.0 Å². The van der Waals surface area contributed by atoms with Crippen LogP contribution >= 0.6 is 0 Å². The van der Waals surface area contributed by atoms with Crippen molar-refractivity contribution in [2.75, 3.05) is 27.3 Å². The number of ether oxygens (including phenoxy) is 4. The molecule has 0 heterocycles. The highest BCUT2D eigenvalue weighted by Crippen LogP contribution is 2.27. The Balaban J connectivity index is 1.74. The molecule has 0 aliphatic heterocycles. The zero-order valence-electron chi connectivity index (χ0n) is 23.7. The predicted molar refractivity (Wildman–Crippen MR) is 150 cm³/mol. The molecule has 210 valence electrons. The number of benzene rings is 2. The van der Waals surface area contributed by atoms with Gasteiger partial charge in [0, 0.05) is 25.2 Å². The molecule has 0 aromatic heterocycles. The Kier molecular flexibility index (Phi) is 13.3. The highest BCUT2D eigenvalue weighted by atomic mass is 16.5. The highest BCUT2D eigenvalue weighted by molar-refractivity contribution is 5.97. The Morgan fingerprint density at radius 1 is 0.684 bits per heavy atom. The fourth-order valence-corrected chi connectivity index (χ4v) is 3.63. The van der Waals surface area contributed by atoms with Gasteiger partial charge < -0.3 is 29.6 Å². The van der Waals surface area contributed by atoms with Gasteiger partial charge in [0.25, 0.3) is 11.8 Å². The minimum absolute atomic E-state index is 0.00196. The molecule has 2 N–H and O–H groups in total. The molecule has 2 atom stereocenters. The Bertz CT molecular complexity index is 944. The van der Waals surface area contributed by atoms with Crippen LogP contribution in [0.2, 0.25) is 0 Å². The number of methoxy groups -OCH3 is 2. The summed E-state index contributed by atoms with van der Waals surface area (Å²) < 4.78 is 22.4. The monoisotopic (exact) mass is 528 g/mol. The maximum Gasteiger partial charge on any atom is 0.255 e. The summed E-state index contributed by atoms with van der Waals surface area (Å²) in [5.41, 5.74) is 1.01. The van der Waals surface area contributed by atoms with E-state index in [2.05, 4.69) is 10.6 Å². The number of carbonyl (C=O) groups excluding carboxylic acids is 2. The van der Waals surface area contributed by atoms with Crippen molar-refractivity contribution in [1.29, 1.82) is 0 Å². The standard InChI is InChI=1S/C30H44N2O6/c1-7-21(3)37-27-19-23(35-5)13-15-25(27)29(33)31-17-11-9-10-12-18-32-30(34)26-16-14-24(36-6)20-28(26)38-22(4)8-2/h13-16,19-22H,7-12,17-18H2,1-6H3,(H,31,33)(H,32,34). The molecule has 0 saturated carbocycles. The van der Waals surface area contributed by atoms with Gasteiger partial charge in [-0.1, -0.05) is 26.7 Å². The normalized spacial score (nSPS) is 12.3. The molecule has 2 unspecified atom stereocenters. The molecule has 2 rings (SSSR count). The molecule has 0 aliphatic carbocycles. The summed E-state index contributed by atoms with van der Waals surface area (Å²) in [5, 5.41) is 5.96. The lowest BCUT2D eigenvalue weighted by atomic mass is 10.1. The van der Waals surface area contributed by atoms with Crippen LogP contribution in [0.4, 0.5) is 0 Å². The molecule has 8 heteroatoms. The molecule has 0 fully saturated rings. The SMILES string of the molecule is CCC(C)Oc1cc(OC)ccc1C(=O)NCCCCCCNC(=O)c1ccc(OC)cc1OC(C)CC. The number of carbonyl (C=O) groups is 2. The van der Waals surface area contributed by atoms with Crippen LogP contribution in [0, 0.1) is 0 Å². The minimum Gasteiger partial charge on any atom is -0.497 e. The van der Waals surface area contributed by atoms with Crippen LogP contribution in [0.15, 0.2) is 36.4 Å². The van der Waals surface area contributed by atoms with Gasteiger partial charge in [0.05, 0.1) is 37.6 Å². The van der Waals surface area contributed by atoms with E-state index in [0.717, 1.165) is 38.5 Å². The van der Waals surface area contributed by atoms with Crippen LogP contribution < -0.4 is 29.6 Å². The molecular weight excluding hydrogens is 484 g/mol. The van der Waals surface area contributed by atoms with Crippen LogP contribution in [0.25, 0.3) is 0 Å². The third-order valence-electron chi connectivity index (χ3n) is 6.35. The number of rotatable bonds is 17. The Morgan fingerprint density at radius 3 is 1.42 bits per heavy atom. The first-order chi connectivity index (χ1) is 18.3. The molecule has 0 bridgehead atoms. The summed E-state index contributed by atoms with van der Waals surface area (Å²) in [6.07, 6.45) is 5.26. The minimum atomic E-state index is -0.159. The first kappa shape index (κ1) is 30.8. The van der Waals surface area contributed by atoms with Gasteiger partial charge in [0.1, 0.15) is 23.0 Å². The second kappa shape index (κ2) is 16.4. The molecular formula is C30H44N2O6. The Hall–Kier alpha value is -3.42. The molecule has 2 aromatic rings. The summed E-state index contributed by atoms with van der Waals surface area (Å²) in [6, 6.07) is 10.5. The maximum absolute atomic E-state index is 12.7. The first-order valence-corrected chi connectivity index (χ1v) is 13.6. The molecule has 0 spiro atoms. The van der Waals surface area contributed by atoms with Gasteiger partial charge in [-0.3, -0.25) is 9.59 Å². The summed E-state index contributed by atoms with van der Waals surface area (Å²) in [6.45, 7) is 9.16. The molecule has 2 aromatic carbocycles. The third kappa shape index (κ3) is 9.80. The van der Waals surface area contributed by atoms with E-state index in [9.17, 15) is 9.59 Å². The number of hydrogen-bond acceptors (Lipinski definition) is 6. The summed E-state index contributed by atoms with van der Waals surface area (Å²) in [7, 11) is 3.18. The lowest BCUT2D eigenvalue weighted by molar-refractivity contribution is 0.0935. The van der Waals surface area contributed by atoms with Gasteiger partial charge in [0.15, 0.2) is 0 Å². The molecule has 8 nitrogen and oxygen atoms in total. The topological polar surface area (TPSA) is 95.1 Å². The van der Waals surface area contributed by atoms with Crippen molar-refractivity contribution in [3.05, 3.63) is 47.5 Å². The summed E-state index contributed by atoms with van der Waals surface area (Å²) >= 11 is 0. The number of unbranched alkanes of at least 4 members (excludes halogenated alkanes) is 3. The predicted octanol–water partition coefficient (Wildman–Crippen LogP) is 5.78. The van der Waals surface area contributed by atoms with Crippen LogP contribution in [-0.2, 0) is 0 Å². The van der Waals surface area contributed by atoms with E-state index in [4.69, 9.17) is 18.9 Å². The van der Waals surface area contributed by atoms with Crippen LogP contribution in [0.1, 0.15) is 86.9 Å². The van der Waals surface area contributed by atoms with E-state index >= 15 is 0 Å². The molecule has 38 heavy (non-hydrogen) atoms.